The predicted molar refractivity (Wildman–Crippen MR) is 81.1 cm³/mol. The van der Waals surface area contributed by atoms with Gasteiger partial charge in [0.2, 0.25) is 5.91 Å². The number of halogens is 1. The summed E-state index contributed by atoms with van der Waals surface area (Å²) in [5.74, 6) is -0.668. The van der Waals surface area contributed by atoms with Crippen LogP contribution in [0.2, 0.25) is 0 Å². The van der Waals surface area contributed by atoms with Crippen molar-refractivity contribution in [2.24, 2.45) is 0 Å². The van der Waals surface area contributed by atoms with Gasteiger partial charge in [0.15, 0.2) is 0 Å². The molecule has 0 fully saturated rings. The molecule has 0 saturated heterocycles. The molecule has 0 aliphatic heterocycles. The molecule has 0 spiro atoms. The normalized spacial score (nSPS) is 11.1. The number of hydrogen-bond donors (Lipinski definition) is 2. The molecule has 1 rings (SSSR count). The summed E-state index contributed by atoms with van der Waals surface area (Å²) in [7, 11) is 0. The number of nitrogens with one attached hydrogen (secondary N) is 1. The first-order valence-electron chi connectivity index (χ1n) is 7.03. The van der Waals surface area contributed by atoms with Crippen LogP contribution in [0.5, 0.6) is 0 Å². The molecule has 0 aliphatic carbocycles. The van der Waals surface area contributed by atoms with Crippen LogP contribution in [0.4, 0.5) is 15.8 Å². The first kappa shape index (κ1) is 16.4. The Labute approximate surface area is 120 Å². The molecule has 0 aliphatic rings. The molecule has 0 heterocycles. The van der Waals surface area contributed by atoms with Gasteiger partial charge in [0.1, 0.15) is 5.82 Å². The highest BCUT2D eigenvalue weighted by atomic mass is 19.1. The molecule has 1 amide bonds. The minimum absolute atomic E-state index is 0.140. The number of nitrogens with two attached hydrogens (primary N) is 1. The minimum atomic E-state index is -0.471. The summed E-state index contributed by atoms with van der Waals surface area (Å²) >= 11 is 0. The Kier molecular flexibility index (Phi) is 6.45. The standard InChI is InChI=1S/C15H24FN3O/c1-4-8-19(11(2)3)9-7-15(20)18-14-10-12(17)5-6-13(14)16/h5-6,10-11H,4,7-9,17H2,1-3H3,(H,18,20). The van der Waals surface area contributed by atoms with E-state index in [0.717, 1.165) is 13.0 Å². The topological polar surface area (TPSA) is 58.4 Å². The molecular weight excluding hydrogens is 257 g/mol. The lowest BCUT2D eigenvalue weighted by atomic mass is 10.2. The van der Waals surface area contributed by atoms with Crippen molar-refractivity contribution >= 4 is 17.3 Å². The van der Waals surface area contributed by atoms with E-state index < -0.39 is 5.82 Å². The third-order valence-electron chi connectivity index (χ3n) is 3.13. The van der Waals surface area contributed by atoms with Gasteiger partial charge in [-0.25, -0.2) is 4.39 Å². The lowest BCUT2D eigenvalue weighted by Gasteiger charge is -2.25. The average Bonchev–Trinajstić information content (AvgIpc) is 2.38. The highest BCUT2D eigenvalue weighted by Gasteiger charge is 2.12. The van der Waals surface area contributed by atoms with Gasteiger partial charge in [-0.15, -0.1) is 0 Å². The molecule has 0 atom stereocenters. The smallest absolute Gasteiger partial charge is 0.225 e. The first-order chi connectivity index (χ1) is 9.43. The van der Waals surface area contributed by atoms with Gasteiger partial charge in [-0.3, -0.25) is 4.79 Å². The summed E-state index contributed by atoms with van der Waals surface area (Å²) in [4.78, 5) is 14.1. The van der Waals surface area contributed by atoms with Gasteiger partial charge in [-0.2, -0.15) is 0 Å². The fourth-order valence-corrected chi connectivity index (χ4v) is 2.01. The maximum absolute atomic E-state index is 13.5. The van der Waals surface area contributed by atoms with Gasteiger partial charge in [-0.05, 0) is 45.0 Å². The van der Waals surface area contributed by atoms with E-state index in [1.54, 1.807) is 0 Å². The van der Waals surface area contributed by atoms with Gasteiger partial charge >= 0.3 is 0 Å². The lowest BCUT2D eigenvalue weighted by molar-refractivity contribution is -0.116. The second kappa shape index (κ2) is 7.85. The summed E-state index contributed by atoms with van der Waals surface area (Å²) in [6, 6.07) is 4.54. The van der Waals surface area contributed by atoms with E-state index >= 15 is 0 Å². The number of rotatable bonds is 7. The Morgan fingerprint density at radius 2 is 2.10 bits per heavy atom. The van der Waals surface area contributed by atoms with Gasteiger partial charge in [0.05, 0.1) is 5.69 Å². The number of hydrogen-bond acceptors (Lipinski definition) is 3. The molecule has 1 aromatic rings. The molecule has 3 N–H and O–H groups in total. The van der Waals surface area contributed by atoms with Crippen LogP contribution >= 0.6 is 0 Å². The van der Waals surface area contributed by atoms with Crippen molar-refractivity contribution in [3.63, 3.8) is 0 Å². The van der Waals surface area contributed by atoms with Gasteiger partial charge in [-0.1, -0.05) is 6.92 Å². The minimum Gasteiger partial charge on any atom is -0.399 e. The van der Waals surface area contributed by atoms with Gasteiger partial charge in [0, 0.05) is 24.7 Å². The third kappa shape index (κ3) is 5.17. The van der Waals surface area contributed by atoms with Crippen molar-refractivity contribution in [2.45, 2.75) is 39.7 Å². The average molecular weight is 281 g/mol. The SMILES string of the molecule is CCCN(CCC(=O)Nc1cc(N)ccc1F)C(C)C. The van der Waals surface area contributed by atoms with Crippen molar-refractivity contribution < 1.29 is 9.18 Å². The number of nitrogen functional groups attached to an aromatic ring is 1. The molecule has 0 bridgehead atoms. The van der Waals surface area contributed by atoms with Crippen LogP contribution in [-0.4, -0.2) is 29.9 Å². The second-order valence-electron chi connectivity index (χ2n) is 5.17. The number of benzene rings is 1. The molecule has 4 nitrogen and oxygen atoms in total. The molecule has 0 saturated carbocycles. The van der Waals surface area contributed by atoms with Crippen LogP contribution in [0, 0.1) is 5.82 Å². The molecule has 5 heteroatoms. The largest absolute Gasteiger partial charge is 0.399 e. The van der Waals surface area contributed by atoms with E-state index in [2.05, 4.69) is 31.0 Å². The third-order valence-corrected chi connectivity index (χ3v) is 3.13. The molecular formula is C15H24FN3O. The monoisotopic (exact) mass is 281 g/mol. The molecule has 0 unspecified atom stereocenters. The molecule has 112 valence electrons. The summed E-state index contributed by atoms with van der Waals surface area (Å²) in [6.07, 6.45) is 1.38. The Bertz CT molecular complexity index is 449. The highest BCUT2D eigenvalue weighted by Crippen LogP contribution is 2.17. The van der Waals surface area contributed by atoms with E-state index in [0.29, 0.717) is 24.7 Å². The Hall–Kier alpha value is -1.62. The van der Waals surface area contributed by atoms with Gasteiger partial charge in [0.25, 0.3) is 0 Å². The Morgan fingerprint density at radius 3 is 2.70 bits per heavy atom. The maximum Gasteiger partial charge on any atom is 0.225 e. The number of carbonyl (C=O) groups excluding carboxylic acids is 1. The summed E-state index contributed by atoms with van der Waals surface area (Å²) in [6.45, 7) is 7.94. The second-order valence-corrected chi connectivity index (χ2v) is 5.17. The van der Waals surface area contributed by atoms with E-state index in [4.69, 9.17) is 5.73 Å². The highest BCUT2D eigenvalue weighted by molar-refractivity contribution is 5.91. The van der Waals surface area contributed by atoms with Crippen LogP contribution in [0.1, 0.15) is 33.6 Å². The quantitative estimate of drug-likeness (QED) is 0.756. The van der Waals surface area contributed by atoms with E-state index in [1.165, 1.54) is 18.2 Å². The van der Waals surface area contributed by atoms with E-state index in [9.17, 15) is 9.18 Å². The van der Waals surface area contributed by atoms with Crippen LogP contribution in [0.3, 0.4) is 0 Å². The number of nitrogens with zero attached hydrogens (tertiary/aromatic N) is 1. The van der Waals surface area contributed by atoms with Crippen LogP contribution in [0.15, 0.2) is 18.2 Å². The molecule has 1 aromatic carbocycles. The molecule has 20 heavy (non-hydrogen) atoms. The van der Waals surface area contributed by atoms with Crippen LogP contribution < -0.4 is 11.1 Å². The van der Waals surface area contributed by atoms with Crippen molar-refractivity contribution in [1.82, 2.24) is 4.90 Å². The zero-order valence-corrected chi connectivity index (χ0v) is 12.4. The zero-order valence-electron chi connectivity index (χ0n) is 12.4. The van der Waals surface area contributed by atoms with E-state index in [-0.39, 0.29) is 11.6 Å². The van der Waals surface area contributed by atoms with Crippen molar-refractivity contribution in [3.8, 4) is 0 Å². The molecule has 0 aromatic heterocycles. The number of amides is 1. The van der Waals surface area contributed by atoms with Crippen molar-refractivity contribution in [1.29, 1.82) is 0 Å². The van der Waals surface area contributed by atoms with Crippen molar-refractivity contribution in [2.75, 3.05) is 24.1 Å². The fraction of sp³-hybridized carbons (Fsp3) is 0.533. The van der Waals surface area contributed by atoms with Crippen LogP contribution in [-0.2, 0) is 4.79 Å². The Morgan fingerprint density at radius 1 is 1.40 bits per heavy atom. The van der Waals surface area contributed by atoms with Crippen LogP contribution in [0.25, 0.3) is 0 Å². The predicted octanol–water partition coefficient (Wildman–Crippen LogP) is 2.86. The summed E-state index contributed by atoms with van der Waals surface area (Å²) in [5.41, 5.74) is 6.15. The first-order valence-corrected chi connectivity index (χ1v) is 7.03. The van der Waals surface area contributed by atoms with E-state index in [1.807, 2.05) is 0 Å². The zero-order chi connectivity index (χ0) is 15.1. The number of anilines is 2. The summed E-state index contributed by atoms with van der Waals surface area (Å²) < 4.78 is 13.5. The molecule has 0 radical (unpaired) electrons. The number of carbonyl (C=O) groups is 1. The summed E-state index contributed by atoms with van der Waals surface area (Å²) in [5, 5.41) is 2.57. The van der Waals surface area contributed by atoms with Crippen molar-refractivity contribution in [3.05, 3.63) is 24.0 Å². The Balaban J connectivity index is 2.53. The lowest BCUT2D eigenvalue weighted by Crippen LogP contribution is -2.34. The maximum atomic E-state index is 13.5. The fourth-order valence-electron chi connectivity index (χ4n) is 2.01. The van der Waals surface area contributed by atoms with Gasteiger partial charge < -0.3 is 16.0 Å².